The maximum Gasteiger partial charge on any atom is 0.416 e. The molecule has 3 aromatic carbocycles. The minimum atomic E-state index is -4.34. The van der Waals surface area contributed by atoms with Crippen LogP contribution in [0.15, 0.2) is 72.8 Å². The molecule has 0 saturated heterocycles. The van der Waals surface area contributed by atoms with Crippen LogP contribution >= 0.6 is 0 Å². The predicted molar refractivity (Wildman–Crippen MR) is 103 cm³/mol. The van der Waals surface area contributed by atoms with Crippen LogP contribution < -0.4 is 0 Å². The molecule has 4 rings (SSSR count). The summed E-state index contributed by atoms with van der Waals surface area (Å²) < 4.78 is 46.2. The van der Waals surface area contributed by atoms with Gasteiger partial charge in [-0.3, -0.25) is 0 Å². The molecule has 4 heteroatoms. The smallest absolute Gasteiger partial charge is 0.372 e. The van der Waals surface area contributed by atoms with E-state index in [2.05, 4.69) is 0 Å². The fraction of sp³-hybridized carbons (Fsp3) is 0.250. The van der Waals surface area contributed by atoms with E-state index in [1.54, 1.807) is 12.1 Å². The quantitative estimate of drug-likeness (QED) is 0.489. The SMILES string of the molecule is FC(F)(F)c1ccccc1C1CCc2ccc(COCc3ccccc3)cc21. The van der Waals surface area contributed by atoms with Gasteiger partial charge in [-0.1, -0.05) is 66.7 Å². The number of benzene rings is 3. The van der Waals surface area contributed by atoms with E-state index in [1.807, 2.05) is 48.5 Å². The highest BCUT2D eigenvalue weighted by molar-refractivity contribution is 5.47. The molecule has 28 heavy (non-hydrogen) atoms. The molecule has 0 heterocycles. The van der Waals surface area contributed by atoms with Gasteiger partial charge in [-0.25, -0.2) is 0 Å². The lowest BCUT2D eigenvalue weighted by Gasteiger charge is -2.19. The molecule has 0 aliphatic heterocycles. The van der Waals surface area contributed by atoms with E-state index >= 15 is 0 Å². The number of alkyl halides is 3. The average molecular weight is 382 g/mol. The molecule has 0 saturated carbocycles. The van der Waals surface area contributed by atoms with Crippen molar-refractivity contribution in [1.82, 2.24) is 0 Å². The first-order valence-corrected chi connectivity index (χ1v) is 9.42. The van der Waals surface area contributed by atoms with Crippen molar-refractivity contribution in [2.75, 3.05) is 0 Å². The summed E-state index contributed by atoms with van der Waals surface area (Å²) in [6, 6.07) is 21.9. The Labute approximate surface area is 162 Å². The van der Waals surface area contributed by atoms with Crippen LogP contribution in [0.25, 0.3) is 0 Å². The first-order valence-electron chi connectivity index (χ1n) is 9.42. The molecule has 1 atom stereocenters. The molecule has 0 radical (unpaired) electrons. The van der Waals surface area contributed by atoms with Gasteiger partial charge in [0.15, 0.2) is 0 Å². The van der Waals surface area contributed by atoms with Crippen molar-refractivity contribution in [2.24, 2.45) is 0 Å². The van der Waals surface area contributed by atoms with Gasteiger partial charge in [0.1, 0.15) is 0 Å². The standard InChI is InChI=1S/C24H21F3O/c25-24(26,27)23-9-5-4-8-21(23)20-13-12-19-11-10-18(14-22(19)20)16-28-15-17-6-2-1-3-7-17/h1-11,14,20H,12-13,15-16H2. The summed E-state index contributed by atoms with van der Waals surface area (Å²) in [5, 5.41) is 0. The Morgan fingerprint density at radius 2 is 1.50 bits per heavy atom. The molecule has 0 amide bonds. The van der Waals surface area contributed by atoms with Crippen molar-refractivity contribution in [2.45, 2.75) is 38.1 Å². The molecule has 1 aliphatic carbocycles. The molecule has 0 spiro atoms. The van der Waals surface area contributed by atoms with Crippen molar-refractivity contribution in [3.05, 3.63) is 106 Å². The molecular formula is C24H21F3O. The summed E-state index contributed by atoms with van der Waals surface area (Å²) in [6.07, 6.45) is -2.83. The van der Waals surface area contributed by atoms with Gasteiger partial charge in [-0.2, -0.15) is 13.2 Å². The average Bonchev–Trinajstić information content (AvgIpc) is 3.11. The fourth-order valence-corrected chi connectivity index (χ4v) is 3.98. The molecule has 1 nitrogen and oxygen atoms in total. The third-order valence-electron chi connectivity index (χ3n) is 5.31. The third-order valence-corrected chi connectivity index (χ3v) is 5.31. The highest BCUT2D eigenvalue weighted by Crippen LogP contribution is 2.43. The molecule has 0 fully saturated rings. The number of hydrogen-bond acceptors (Lipinski definition) is 1. The molecule has 0 N–H and O–H groups in total. The van der Waals surface area contributed by atoms with Crippen LogP contribution in [0.4, 0.5) is 13.2 Å². The lowest BCUT2D eigenvalue weighted by molar-refractivity contribution is -0.138. The first kappa shape index (κ1) is 18.8. The Morgan fingerprint density at radius 1 is 0.786 bits per heavy atom. The molecule has 1 aliphatic rings. The Bertz CT molecular complexity index is 948. The van der Waals surface area contributed by atoms with E-state index in [4.69, 9.17) is 4.74 Å². The Morgan fingerprint density at radius 3 is 2.29 bits per heavy atom. The van der Waals surface area contributed by atoms with Crippen LogP contribution in [0.2, 0.25) is 0 Å². The van der Waals surface area contributed by atoms with Crippen LogP contribution in [0.3, 0.4) is 0 Å². The van der Waals surface area contributed by atoms with Gasteiger partial charge in [0.05, 0.1) is 18.8 Å². The van der Waals surface area contributed by atoms with Gasteiger partial charge in [-0.05, 0) is 46.7 Å². The summed E-state index contributed by atoms with van der Waals surface area (Å²) in [6.45, 7) is 0.952. The highest BCUT2D eigenvalue weighted by atomic mass is 19.4. The van der Waals surface area contributed by atoms with Crippen LogP contribution in [-0.4, -0.2) is 0 Å². The summed E-state index contributed by atoms with van der Waals surface area (Å²) >= 11 is 0. The second-order valence-corrected chi connectivity index (χ2v) is 7.19. The van der Waals surface area contributed by atoms with Crippen molar-refractivity contribution >= 4 is 0 Å². The van der Waals surface area contributed by atoms with E-state index < -0.39 is 11.7 Å². The first-order chi connectivity index (χ1) is 13.5. The van der Waals surface area contributed by atoms with Crippen LogP contribution in [0, 0.1) is 0 Å². The molecule has 3 aromatic rings. The highest BCUT2D eigenvalue weighted by Gasteiger charge is 2.36. The van der Waals surface area contributed by atoms with Crippen molar-refractivity contribution in [3.63, 3.8) is 0 Å². The molecule has 0 bridgehead atoms. The predicted octanol–water partition coefficient (Wildman–Crippen LogP) is 6.50. The Hall–Kier alpha value is -2.59. The van der Waals surface area contributed by atoms with Crippen molar-refractivity contribution in [3.8, 4) is 0 Å². The maximum absolute atomic E-state index is 13.5. The summed E-state index contributed by atoms with van der Waals surface area (Å²) in [5.74, 6) is -0.220. The largest absolute Gasteiger partial charge is 0.416 e. The van der Waals surface area contributed by atoms with Gasteiger partial charge >= 0.3 is 6.18 Å². The van der Waals surface area contributed by atoms with Gasteiger partial charge in [0, 0.05) is 5.92 Å². The number of ether oxygens (including phenoxy) is 1. The van der Waals surface area contributed by atoms with E-state index in [-0.39, 0.29) is 5.92 Å². The zero-order chi connectivity index (χ0) is 19.6. The van der Waals surface area contributed by atoms with E-state index in [0.717, 1.165) is 28.7 Å². The zero-order valence-corrected chi connectivity index (χ0v) is 15.4. The summed E-state index contributed by atoms with van der Waals surface area (Å²) in [4.78, 5) is 0. The van der Waals surface area contributed by atoms with E-state index in [0.29, 0.717) is 25.2 Å². The van der Waals surface area contributed by atoms with Crippen molar-refractivity contribution < 1.29 is 17.9 Å². The number of aryl methyl sites for hydroxylation is 1. The minimum Gasteiger partial charge on any atom is -0.372 e. The minimum absolute atomic E-state index is 0.220. The monoisotopic (exact) mass is 382 g/mol. The van der Waals surface area contributed by atoms with Gasteiger partial charge < -0.3 is 4.74 Å². The van der Waals surface area contributed by atoms with E-state index in [1.165, 1.54) is 12.1 Å². The van der Waals surface area contributed by atoms with Crippen LogP contribution in [-0.2, 0) is 30.5 Å². The van der Waals surface area contributed by atoms with Crippen molar-refractivity contribution in [1.29, 1.82) is 0 Å². The number of hydrogen-bond donors (Lipinski definition) is 0. The molecule has 0 aromatic heterocycles. The van der Waals surface area contributed by atoms with Crippen LogP contribution in [0.5, 0.6) is 0 Å². The van der Waals surface area contributed by atoms with Gasteiger partial charge in [0.25, 0.3) is 0 Å². The number of rotatable bonds is 5. The molecule has 144 valence electrons. The van der Waals surface area contributed by atoms with Crippen LogP contribution in [0.1, 0.15) is 45.7 Å². The third kappa shape index (κ3) is 3.97. The summed E-state index contributed by atoms with van der Waals surface area (Å²) in [5.41, 5.74) is 4.06. The topological polar surface area (TPSA) is 9.23 Å². The number of fused-ring (bicyclic) bond motifs is 1. The molecular weight excluding hydrogens is 361 g/mol. The lowest BCUT2D eigenvalue weighted by Crippen LogP contribution is -2.11. The maximum atomic E-state index is 13.5. The van der Waals surface area contributed by atoms with Gasteiger partial charge in [0.2, 0.25) is 0 Å². The normalized spacial score (nSPS) is 16.2. The second-order valence-electron chi connectivity index (χ2n) is 7.19. The second kappa shape index (κ2) is 7.80. The Balaban J connectivity index is 1.55. The summed E-state index contributed by atoms with van der Waals surface area (Å²) in [7, 11) is 0. The van der Waals surface area contributed by atoms with Gasteiger partial charge in [-0.15, -0.1) is 0 Å². The molecule has 1 unspecified atom stereocenters. The fourth-order valence-electron chi connectivity index (χ4n) is 3.98. The Kier molecular flexibility index (Phi) is 5.23. The zero-order valence-electron chi connectivity index (χ0n) is 15.4. The van der Waals surface area contributed by atoms with E-state index in [9.17, 15) is 13.2 Å². The number of halogens is 3. The lowest BCUT2D eigenvalue weighted by atomic mass is 9.88.